The van der Waals surface area contributed by atoms with Gasteiger partial charge in [-0.1, -0.05) is 23.9 Å². The van der Waals surface area contributed by atoms with E-state index in [-0.39, 0.29) is 17.2 Å². The van der Waals surface area contributed by atoms with Crippen LogP contribution in [0.5, 0.6) is 0 Å². The molecule has 108 valence electrons. The zero-order chi connectivity index (χ0) is 15.2. The Labute approximate surface area is 126 Å². The number of hydrogen-bond acceptors (Lipinski definition) is 4. The van der Waals surface area contributed by atoms with E-state index in [4.69, 9.17) is 5.11 Å². The van der Waals surface area contributed by atoms with Gasteiger partial charge in [0, 0.05) is 11.9 Å². The van der Waals surface area contributed by atoms with Crippen LogP contribution >= 0.6 is 11.8 Å². The molecule has 2 rings (SSSR count). The first-order valence-electron chi connectivity index (χ1n) is 6.24. The lowest BCUT2D eigenvalue weighted by Crippen LogP contribution is -2.14. The number of hydrogen-bond donors (Lipinski definition) is 2. The van der Waals surface area contributed by atoms with Crippen LogP contribution in [-0.2, 0) is 4.79 Å². The quantitative estimate of drug-likeness (QED) is 0.830. The van der Waals surface area contributed by atoms with Crippen LogP contribution in [0.1, 0.15) is 15.9 Å². The number of carbonyl (C=O) groups is 2. The molecule has 1 heterocycles. The smallest absolute Gasteiger partial charge is 0.338 e. The van der Waals surface area contributed by atoms with E-state index in [9.17, 15) is 9.59 Å². The maximum Gasteiger partial charge on any atom is 0.338 e. The monoisotopic (exact) mass is 302 g/mol. The predicted octanol–water partition coefficient (Wildman–Crippen LogP) is 2.82. The second-order valence-corrected chi connectivity index (χ2v) is 5.33. The Morgan fingerprint density at radius 2 is 2.10 bits per heavy atom. The number of nitrogens with zero attached hydrogens (tertiary/aromatic N) is 1. The lowest BCUT2D eigenvalue weighted by molar-refractivity contribution is -0.113. The van der Waals surface area contributed by atoms with Gasteiger partial charge in [0.15, 0.2) is 0 Å². The molecule has 0 radical (unpaired) electrons. The van der Waals surface area contributed by atoms with E-state index in [1.54, 1.807) is 12.1 Å². The van der Waals surface area contributed by atoms with E-state index in [2.05, 4.69) is 10.3 Å². The van der Waals surface area contributed by atoms with Gasteiger partial charge >= 0.3 is 5.97 Å². The Balaban J connectivity index is 1.97. The molecule has 5 nitrogen and oxygen atoms in total. The third-order valence-corrected chi connectivity index (χ3v) is 3.65. The molecule has 0 bridgehead atoms. The minimum atomic E-state index is -1.05. The number of rotatable bonds is 5. The van der Waals surface area contributed by atoms with E-state index >= 15 is 0 Å². The van der Waals surface area contributed by atoms with Crippen LogP contribution in [0, 0.1) is 6.92 Å². The average molecular weight is 302 g/mol. The van der Waals surface area contributed by atoms with Crippen molar-refractivity contribution >= 4 is 29.3 Å². The Kier molecular flexibility index (Phi) is 4.94. The van der Waals surface area contributed by atoms with Crippen LogP contribution in [0.4, 0.5) is 5.69 Å². The van der Waals surface area contributed by atoms with Crippen LogP contribution in [0.2, 0.25) is 0 Å². The molecule has 21 heavy (non-hydrogen) atoms. The number of thioether (sulfide) groups is 1. The molecule has 0 saturated carbocycles. The highest BCUT2D eigenvalue weighted by molar-refractivity contribution is 8.00. The zero-order valence-corrected chi connectivity index (χ0v) is 12.2. The first-order valence-corrected chi connectivity index (χ1v) is 7.22. The van der Waals surface area contributed by atoms with Crippen molar-refractivity contribution in [2.24, 2.45) is 0 Å². The fourth-order valence-electron chi connectivity index (χ4n) is 1.72. The average Bonchev–Trinajstić information content (AvgIpc) is 2.45. The van der Waals surface area contributed by atoms with Crippen molar-refractivity contribution < 1.29 is 14.7 Å². The maximum atomic E-state index is 11.9. The second-order valence-electron chi connectivity index (χ2n) is 4.37. The summed E-state index contributed by atoms with van der Waals surface area (Å²) in [5, 5.41) is 12.1. The van der Waals surface area contributed by atoms with Gasteiger partial charge < -0.3 is 10.4 Å². The van der Waals surface area contributed by atoms with E-state index in [1.165, 1.54) is 12.3 Å². The topological polar surface area (TPSA) is 79.3 Å². The van der Waals surface area contributed by atoms with Gasteiger partial charge in [-0.15, -0.1) is 0 Å². The number of carboxylic acids is 1. The summed E-state index contributed by atoms with van der Waals surface area (Å²) >= 11 is 1.10. The van der Waals surface area contributed by atoms with Crippen molar-refractivity contribution in [1.82, 2.24) is 4.98 Å². The largest absolute Gasteiger partial charge is 0.478 e. The summed E-state index contributed by atoms with van der Waals surface area (Å²) in [7, 11) is 0. The minimum Gasteiger partial charge on any atom is -0.478 e. The third kappa shape index (κ3) is 4.32. The van der Waals surface area contributed by atoms with Gasteiger partial charge in [0.05, 0.1) is 11.3 Å². The molecule has 0 atom stereocenters. The first-order chi connectivity index (χ1) is 10.1. The fourth-order valence-corrected chi connectivity index (χ4v) is 2.51. The molecule has 1 aromatic carbocycles. The summed E-state index contributed by atoms with van der Waals surface area (Å²) in [6.07, 6.45) is 1.51. The SMILES string of the molecule is Cc1cccc(NC(=O)CSc2ncccc2C(=O)O)c1. The highest BCUT2D eigenvalue weighted by Crippen LogP contribution is 2.20. The van der Waals surface area contributed by atoms with Crippen LogP contribution in [0.3, 0.4) is 0 Å². The second kappa shape index (κ2) is 6.90. The summed E-state index contributed by atoms with van der Waals surface area (Å²) in [6.45, 7) is 1.94. The highest BCUT2D eigenvalue weighted by atomic mass is 32.2. The maximum absolute atomic E-state index is 11.9. The summed E-state index contributed by atoms with van der Waals surface area (Å²) in [6, 6.07) is 10.5. The van der Waals surface area contributed by atoms with E-state index in [0.29, 0.717) is 5.03 Å². The number of aromatic carboxylic acids is 1. The number of amides is 1. The van der Waals surface area contributed by atoms with Crippen LogP contribution in [-0.4, -0.2) is 27.7 Å². The summed E-state index contributed by atoms with van der Waals surface area (Å²) in [5.41, 5.74) is 1.88. The number of pyridine rings is 1. The Morgan fingerprint density at radius 3 is 2.81 bits per heavy atom. The van der Waals surface area contributed by atoms with Gasteiger partial charge in [0.25, 0.3) is 0 Å². The molecule has 0 fully saturated rings. The Bertz CT molecular complexity index is 673. The Hall–Kier alpha value is -2.34. The van der Waals surface area contributed by atoms with Gasteiger partial charge in [0.1, 0.15) is 5.03 Å². The number of carboxylic acid groups (broad SMARTS) is 1. The number of anilines is 1. The van der Waals surface area contributed by atoms with Crippen LogP contribution < -0.4 is 5.32 Å². The molecule has 0 spiro atoms. The fraction of sp³-hybridized carbons (Fsp3) is 0.133. The van der Waals surface area contributed by atoms with Crippen molar-refractivity contribution in [3.05, 3.63) is 53.7 Å². The summed E-state index contributed by atoms with van der Waals surface area (Å²) in [4.78, 5) is 26.9. The first kappa shape index (κ1) is 15.1. The molecule has 2 N–H and O–H groups in total. The van der Waals surface area contributed by atoms with Crippen LogP contribution in [0.25, 0.3) is 0 Å². The number of carbonyl (C=O) groups excluding carboxylic acids is 1. The van der Waals surface area contributed by atoms with E-state index in [1.807, 2.05) is 25.1 Å². The van der Waals surface area contributed by atoms with E-state index in [0.717, 1.165) is 23.0 Å². The Morgan fingerprint density at radius 1 is 1.29 bits per heavy atom. The molecular formula is C15H14N2O3S. The van der Waals surface area contributed by atoms with Crippen molar-refractivity contribution in [2.45, 2.75) is 11.9 Å². The predicted molar refractivity (Wildman–Crippen MR) is 81.7 cm³/mol. The number of nitrogens with one attached hydrogen (secondary N) is 1. The van der Waals surface area contributed by atoms with Gasteiger partial charge in [-0.2, -0.15) is 0 Å². The standard InChI is InChI=1S/C15H14N2O3S/c1-10-4-2-5-11(8-10)17-13(18)9-21-14-12(15(19)20)6-3-7-16-14/h2-8H,9H2,1H3,(H,17,18)(H,19,20). The highest BCUT2D eigenvalue weighted by Gasteiger charge is 2.12. The van der Waals surface area contributed by atoms with Crippen molar-refractivity contribution in [2.75, 3.05) is 11.1 Å². The normalized spacial score (nSPS) is 10.1. The number of aromatic nitrogens is 1. The molecule has 6 heteroatoms. The summed E-state index contributed by atoms with van der Waals surface area (Å²) < 4.78 is 0. The van der Waals surface area contributed by atoms with Gasteiger partial charge in [-0.05, 0) is 36.8 Å². The van der Waals surface area contributed by atoms with E-state index < -0.39 is 5.97 Å². The van der Waals surface area contributed by atoms with Crippen molar-refractivity contribution in [3.8, 4) is 0 Å². The van der Waals surface area contributed by atoms with Gasteiger partial charge in [-0.3, -0.25) is 4.79 Å². The van der Waals surface area contributed by atoms with Crippen LogP contribution in [0.15, 0.2) is 47.6 Å². The van der Waals surface area contributed by atoms with Gasteiger partial charge in [0.2, 0.25) is 5.91 Å². The zero-order valence-electron chi connectivity index (χ0n) is 11.4. The minimum absolute atomic E-state index is 0.102. The van der Waals surface area contributed by atoms with Gasteiger partial charge in [-0.25, -0.2) is 9.78 Å². The van der Waals surface area contributed by atoms with Crippen molar-refractivity contribution in [3.63, 3.8) is 0 Å². The molecule has 2 aromatic rings. The molecule has 0 unspecified atom stereocenters. The number of benzene rings is 1. The third-order valence-electron chi connectivity index (χ3n) is 2.64. The molecule has 1 amide bonds. The molecule has 0 aliphatic carbocycles. The summed E-state index contributed by atoms with van der Waals surface area (Å²) in [5.74, 6) is -1.15. The lowest BCUT2D eigenvalue weighted by Gasteiger charge is -2.06. The molecule has 0 aliphatic heterocycles. The number of aryl methyl sites for hydroxylation is 1. The van der Waals surface area contributed by atoms with Crippen molar-refractivity contribution in [1.29, 1.82) is 0 Å². The molecule has 1 aromatic heterocycles. The lowest BCUT2D eigenvalue weighted by atomic mass is 10.2. The molecular weight excluding hydrogens is 288 g/mol. The molecule has 0 aliphatic rings. The molecule has 0 saturated heterocycles.